The van der Waals surface area contributed by atoms with Gasteiger partial charge in [-0.3, -0.25) is 9.97 Å². The van der Waals surface area contributed by atoms with Gasteiger partial charge in [0.15, 0.2) is 0 Å². The van der Waals surface area contributed by atoms with Crippen molar-refractivity contribution < 1.29 is 4.79 Å². The molecule has 0 bridgehead atoms. The predicted octanol–water partition coefficient (Wildman–Crippen LogP) is 4.64. The van der Waals surface area contributed by atoms with Crippen LogP contribution in [0, 0.1) is 5.92 Å². The summed E-state index contributed by atoms with van der Waals surface area (Å²) in [5, 5.41) is 4.13. The molecule has 2 atom stereocenters. The highest BCUT2D eigenvalue weighted by Gasteiger charge is 2.32. The van der Waals surface area contributed by atoms with Crippen LogP contribution >= 0.6 is 23.2 Å². The number of aromatic nitrogens is 2. The maximum absolute atomic E-state index is 13.0. The molecule has 1 aliphatic carbocycles. The van der Waals surface area contributed by atoms with Crippen molar-refractivity contribution in [2.75, 3.05) is 27.2 Å². The molecular formula is C22H27Cl2N5O. The topological polar surface area (TPSA) is 61.4 Å². The van der Waals surface area contributed by atoms with Crippen molar-refractivity contribution in [1.82, 2.24) is 25.1 Å². The molecule has 1 aliphatic heterocycles. The molecule has 4 rings (SSSR count). The van der Waals surface area contributed by atoms with Crippen molar-refractivity contribution in [1.29, 1.82) is 0 Å². The summed E-state index contributed by atoms with van der Waals surface area (Å²) in [4.78, 5) is 25.5. The summed E-state index contributed by atoms with van der Waals surface area (Å²) in [7, 11) is 3.96. The molecule has 2 fully saturated rings. The second-order valence-corrected chi connectivity index (χ2v) is 9.17. The van der Waals surface area contributed by atoms with E-state index in [1.807, 2.05) is 24.1 Å². The number of halogens is 2. The number of nitrogens with one attached hydrogen (secondary N) is 1. The van der Waals surface area contributed by atoms with Crippen molar-refractivity contribution in [2.24, 2.45) is 5.92 Å². The number of urea groups is 1. The second kappa shape index (κ2) is 9.08. The zero-order valence-electron chi connectivity index (χ0n) is 17.3. The molecule has 0 spiro atoms. The van der Waals surface area contributed by atoms with Crippen molar-refractivity contribution in [3.63, 3.8) is 0 Å². The van der Waals surface area contributed by atoms with E-state index in [9.17, 15) is 4.79 Å². The smallest absolute Gasteiger partial charge is 0.317 e. The lowest BCUT2D eigenvalue weighted by molar-refractivity contribution is 0.185. The molecule has 1 saturated heterocycles. The molecule has 2 unspecified atom stereocenters. The molecule has 1 saturated carbocycles. The van der Waals surface area contributed by atoms with E-state index in [4.69, 9.17) is 23.2 Å². The number of likely N-dealkylation sites (tertiary alicyclic amines) is 1. The van der Waals surface area contributed by atoms with Gasteiger partial charge in [0, 0.05) is 37.6 Å². The van der Waals surface area contributed by atoms with Gasteiger partial charge in [0.05, 0.1) is 28.0 Å². The zero-order chi connectivity index (χ0) is 21.3. The first-order valence-corrected chi connectivity index (χ1v) is 11.2. The number of carbonyl (C=O) groups is 1. The number of likely N-dealkylation sites (N-methyl/N-ethyl adjacent to an activating group) is 2. The number of hydrogen-bond acceptors (Lipinski definition) is 4. The number of carbonyl (C=O) groups excluding carboxylic acids is 1. The van der Waals surface area contributed by atoms with Crippen LogP contribution in [0.25, 0.3) is 11.3 Å². The van der Waals surface area contributed by atoms with Gasteiger partial charge in [-0.15, -0.1) is 0 Å². The van der Waals surface area contributed by atoms with Crippen LogP contribution in [0.4, 0.5) is 4.79 Å². The number of amides is 2. The van der Waals surface area contributed by atoms with E-state index in [1.54, 1.807) is 18.6 Å². The van der Waals surface area contributed by atoms with E-state index < -0.39 is 0 Å². The monoisotopic (exact) mass is 447 g/mol. The highest BCUT2D eigenvalue weighted by molar-refractivity contribution is 6.44. The zero-order valence-corrected chi connectivity index (χ0v) is 18.8. The molecular weight excluding hydrogens is 421 g/mol. The lowest BCUT2D eigenvalue weighted by Gasteiger charge is -2.28. The number of benzene rings is 1. The van der Waals surface area contributed by atoms with Crippen molar-refractivity contribution in [3.8, 4) is 11.3 Å². The molecule has 8 heteroatoms. The minimum absolute atomic E-state index is 0.0638. The van der Waals surface area contributed by atoms with Crippen LogP contribution in [0.3, 0.4) is 0 Å². The Morgan fingerprint density at radius 2 is 2.07 bits per heavy atom. The fourth-order valence-corrected chi connectivity index (χ4v) is 4.63. The number of hydrogen-bond donors (Lipinski definition) is 1. The molecule has 1 aromatic carbocycles. The Hall–Kier alpha value is -1.89. The van der Waals surface area contributed by atoms with Crippen molar-refractivity contribution in [3.05, 3.63) is 46.3 Å². The van der Waals surface area contributed by atoms with Gasteiger partial charge < -0.3 is 15.1 Å². The van der Waals surface area contributed by atoms with E-state index in [2.05, 4.69) is 27.2 Å². The summed E-state index contributed by atoms with van der Waals surface area (Å²) in [6.45, 7) is 1.91. The molecule has 30 heavy (non-hydrogen) atoms. The minimum Gasteiger partial charge on any atom is -0.331 e. The molecule has 160 valence electrons. The summed E-state index contributed by atoms with van der Waals surface area (Å²) in [5.41, 5.74) is 2.26. The second-order valence-electron chi connectivity index (χ2n) is 8.42. The Morgan fingerprint density at radius 3 is 2.70 bits per heavy atom. The normalized spacial score (nSPS) is 20.2. The molecule has 0 radical (unpaired) electrons. The van der Waals surface area contributed by atoms with Crippen molar-refractivity contribution in [2.45, 2.75) is 37.8 Å². The van der Waals surface area contributed by atoms with E-state index in [0.29, 0.717) is 21.7 Å². The summed E-state index contributed by atoms with van der Waals surface area (Å²) in [6.07, 6.45) is 9.15. The van der Waals surface area contributed by atoms with Gasteiger partial charge in [-0.25, -0.2) is 4.79 Å². The third-order valence-corrected chi connectivity index (χ3v) is 7.02. The van der Waals surface area contributed by atoms with Gasteiger partial charge in [0.25, 0.3) is 0 Å². The first kappa shape index (κ1) is 21.3. The van der Waals surface area contributed by atoms with E-state index in [1.165, 1.54) is 12.8 Å². The third kappa shape index (κ3) is 4.71. The van der Waals surface area contributed by atoms with Crippen LogP contribution in [-0.4, -0.2) is 59.0 Å². The predicted molar refractivity (Wildman–Crippen MR) is 120 cm³/mol. The van der Waals surface area contributed by atoms with Crippen LogP contribution in [0.2, 0.25) is 10.0 Å². The highest BCUT2D eigenvalue weighted by atomic mass is 35.5. The Morgan fingerprint density at radius 1 is 1.27 bits per heavy atom. The molecule has 1 aromatic heterocycles. The fraction of sp³-hybridized carbons (Fsp3) is 0.500. The first-order valence-electron chi connectivity index (χ1n) is 10.4. The quantitative estimate of drug-likeness (QED) is 0.700. The standard InChI is InChI=1S/C22H27Cl2N5O/c1-28-10-7-15(13-28)29(2)22(30)27-18(11-14-3-4-14)16-5-6-17(21(24)20(16)23)19-12-25-8-9-26-19/h5-6,8-9,12,14-15,18H,3-4,7,10-11,13H2,1-2H3,(H,27,30). The maximum Gasteiger partial charge on any atom is 0.317 e. The SMILES string of the molecule is CN1CCC(N(C)C(=O)NC(CC2CC2)c2ccc(-c3cnccn3)c(Cl)c2Cl)C1. The maximum atomic E-state index is 13.0. The van der Waals surface area contributed by atoms with Gasteiger partial charge in [0.2, 0.25) is 0 Å². The average Bonchev–Trinajstić information content (AvgIpc) is 3.46. The summed E-state index contributed by atoms with van der Waals surface area (Å²) >= 11 is 13.3. The van der Waals surface area contributed by atoms with Crippen LogP contribution in [0.5, 0.6) is 0 Å². The molecule has 1 N–H and O–H groups in total. The summed E-state index contributed by atoms with van der Waals surface area (Å²) in [6, 6.07) is 3.86. The average molecular weight is 448 g/mol. The van der Waals surface area contributed by atoms with E-state index in [-0.39, 0.29) is 18.1 Å². The van der Waals surface area contributed by atoms with Crippen LogP contribution in [-0.2, 0) is 0 Å². The third-order valence-electron chi connectivity index (χ3n) is 6.12. The van der Waals surface area contributed by atoms with Crippen molar-refractivity contribution >= 4 is 29.2 Å². The number of nitrogens with zero attached hydrogens (tertiary/aromatic N) is 4. The Balaban J connectivity index is 1.56. The summed E-state index contributed by atoms with van der Waals surface area (Å²) < 4.78 is 0. The van der Waals surface area contributed by atoms with Gasteiger partial charge >= 0.3 is 6.03 Å². The fourth-order valence-electron chi connectivity index (χ4n) is 4.06. The Kier molecular flexibility index (Phi) is 6.46. The van der Waals surface area contributed by atoms with Crippen LogP contribution in [0.1, 0.15) is 37.3 Å². The number of rotatable bonds is 6. The highest BCUT2D eigenvalue weighted by Crippen LogP contribution is 2.42. The van der Waals surface area contributed by atoms with Gasteiger partial charge in [0.1, 0.15) is 0 Å². The van der Waals surface area contributed by atoms with E-state index >= 15 is 0 Å². The molecule has 2 heterocycles. The largest absolute Gasteiger partial charge is 0.331 e. The molecule has 2 aromatic rings. The van der Waals surface area contributed by atoms with Crippen LogP contribution < -0.4 is 5.32 Å². The van der Waals surface area contributed by atoms with E-state index in [0.717, 1.165) is 37.1 Å². The Bertz CT molecular complexity index is 906. The molecule has 6 nitrogen and oxygen atoms in total. The van der Waals surface area contributed by atoms with Gasteiger partial charge in [-0.1, -0.05) is 48.2 Å². The molecule has 2 amide bonds. The summed E-state index contributed by atoms with van der Waals surface area (Å²) in [5.74, 6) is 0.618. The van der Waals surface area contributed by atoms with Gasteiger partial charge in [-0.2, -0.15) is 0 Å². The van der Waals surface area contributed by atoms with Gasteiger partial charge in [-0.05, 0) is 37.9 Å². The lowest BCUT2D eigenvalue weighted by atomic mass is 9.98. The van der Waals surface area contributed by atoms with Crippen LogP contribution in [0.15, 0.2) is 30.7 Å². The minimum atomic E-state index is -0.174. The molecule has 2 aliphatic rings. The Labute approximate surface area is 187 Å². The first-order chi connectivity index (χ1) is 14.4. The lowest BCUT2D eigenvalue weighted by Crippen LogP contribution is -2.45.